The number of aryl methyl sites for hydroxylation is 1. The lowest BCUT2D eigenvalue weighted by Crippen LogP contribution is -2.29. The zero-order valence-corrected chi connectivity index (χ0v) is 10.8. The van der Waals surface area contributed by atoms with Crippen molar-refractivity contribution in [2.45, 2.75) is 18.8 Å². The number of benzene rings is 1. The Morgan fingerprint density at radius 3 is 2.79 bits per heavy atom. The molecule has 0 saturated heterocycles. The van der Waals surface area contributed by atoms with Crippen molar-refractivity contribution in [1.29, 1.82) is 0 Å². The molecule has 0 fully saturated rings. The normalized spacial score (nSPS) is 14.1. The van der Waals surface area contributed by atoms with Crippen LogP contribution in [0.15, 0.2) is 36.8 Å². The summed E-state index contributed by atoms with van der Waals surface area (Å²) in [5.41, 5.74) is 0.540. The molecule has 0 saturated carbocycles. The Labute approximate surface area is 110 Å². The smallest absolute Gasteiger partial charge is 0.304 e. The van der Waals surface area contributed by atoms with Crippen LogP contribution < -0.4 is 0 Å². The summed E-state index contributed by atoms with van der Waals surface area (Å²) < 4.78 is 15.2. The predicted molar refractivity (Wildman–Crippen MR) is 68.3 cm³/mol. The number of carboxylic acid groups (broad SMARTS) is 1. The maximum atomic E-state index is 13.4. The van der Waals surface area contributed by atoms with Crippen molar-refractivity contribution in [2.24, 2.45) is 7.05 Å². The van der Waals surface area contributed by atoms with Crippen LogP contribution in [0.5, 0.6) is 0 Å². The molecule has 4 nitrogen and oxygen atoms in total. The van der Waals surface area contributed by atoms with Crippen LogP contribution in [-0.2, 0) is 17.3 Å². The fraction of sp³-hybridized carbons (Fsp3) is 0.286. The minimum absolute atomic E-state index is 0.129. The topological polar surface area (TPSA) is 55.1 Å². The Morgan fingerprint density at radius 2 is 2.26 bits per heavy atom. The second-order valence-corrected chi connectivity index (χ2v) is 4.80. The van der Waals surface area contributed by atoms with E-state index in [9.17, 15) is 9.18 Å². The lowest BCUT2D eigenvalue weighted by Gasteiger charge is -2.29. The third-order valence-electron chi connectivity index (χ3n) is 3.35. The Bertz CT molecular complexity index is 609. The molecule has 0 aliphatic carbocycles. The molecular weight excluding hydrogens is 247 g/mol. The molecule has 5 heteroatoms. The van der Waals surface area contributed by atoms with Gasteiger partial charge >= 0.3 is 5.97 Å². The lowest BCUT2D eigenvalue weighted by atomic mass is 9.76. The van der Waals surface area contributed by atoms with E-state index in [2.05, 4.69) is 4.98 Å². The number of aromatic nitrogens is 2. The van der Waals surface area contributed by atoms with Gasteiger partial charge in [-0.15, -0.1) is 0 Å². The summed E-state index contributed by atoms with van der Waals surface area (Å²) in [6.07, 6.45) is 3.10. The van der Waals surface area contributed by atoms with E-state index in [1.54, 1.807) is 43.2 Å². The van der Waals surface area contributed by atoms with E-state index in [0.717, 1.165) is 5.69 Å². The molecule has 1 aromatic carbocycles. The standard InChI is InChI=1S/C14H15FN2O2/c1-14(7-13(18)19,12-8-16-9-17(12)2)10-4-3-5-11(15)6-10/h3-6,8-9H,7H2,1-2H3,(H,18,19). The van der Waals surface area contributed by atoms with Gasteiger partial charge in [-0.3, -0.25) is 4.79 Å². The Hall–Kier alpha value is -2.17. The minimum atomic E-state index is -0.937. The molecule has 1 heterocycles. The number of rotatable bonds is 4. The first-order chi connectivity index (χ1) is 8.93. The van der Waals surface area contributed by atoms with Crippen LogP contribution in [0.1, 0.15) is 24.6 Å². The van der Waals surface area contributed by atoms with Gasteiger partial charge in [-0.05, 0) is 24.6 Å². The number of hydrogen-bond donors (Lipinski definition) is 1. The monoisotopic (exact) mass is 262 g/mol. The van der Waals surface area contributed by atoms with Crippen molar-refractivity contribution in [1.82, 2.24) is 9.55 Å². The summed E-state index contributed by atoms with van der Waals surface area (Å²) in [6.45, 7) is 1.78. The molecular formula is C14H15FN2O2. The van der Waals surface area contributed by atoms with Gasteiger partial charge in [-0.2, -0.15) is 0 Å². The summed E-state index contributed by atoms with van der Waals surface area (Å²) in [6, 6.07) is 6.03. The third kappa shape index (κ3) is 2.50. The van der Waals surface area contributed by atoms with Crippen molar-refractivity contribution < 1.29 is 14.3 Å². The third-order valence-corrected chi connectivity index (χ3v) is 3.35. The quantitative estimate of drug-likeness (QED) is 0.920. The first-order valence-corrected chi connectivity index (χ1v) is 5.88. The highest BCUT2D eigenvalue weighted by Crippen LogP contribution is 2.35. The Balaban J connectivity index is 2.58. The molecule has 0 radical (unpaired) electrons. The molecule has 19 heavy (non-hydrogen) atoms. The number of imidazole rings is 1. The van der Waals surface area contributed by atoms with E-state index in [0.29, 0.717) is 5.56 Å². The molecule has 1 aromatic heterocycles. The van der Waals surface area contributed by atoms with Crippen molar-refractivity contribution in [3.8, 4) is 0 Å². The van der Waals surface area contributed by atoms with E-state index in [1.165, 1.54) is 12.1 Å². The molecule has 0 spiro atoms. The molecule has 0 bridgehead atoms. The van der Waals surface area contributed by atoms with Crippen LogP contribution in [0, 0.1) is 5.82 Å². The van der Waals surface area contributed by atoms with Gasteiger partial charge in [0.25, 0.3) is 0 Å². The van der Waals surface area contributed by atoms with Crippen LogP contribution in [0.25, 0.3) is 0 Å². The first kappa shape index (κ1) is 13.3. The molecule has 1 N–H and O–H groups in total. The van der Waals surface area contributed by atoms with E-state index >= 15 is 0 Å². The van der Waals surface area contributed by atoms with Gasteiger partial charge in [0, 0.05) is 24.4 Å². The largest absolute Gasteiger partial charge is 0.481 e. The minimum Gasteiger partial charge on any atom is -0.481 e. The highest BCUT2D eigenvalue weighted by Gasteiger charge is 2.34. The van der Waals surface area contributed by atoms with Gasteiger partial charge in [0.1, 0.15) is 5.82 Å². The molecule has 1 atom stereocenters. The van der Waals surface area contributed by atoms with Gasteiger partial charge < -0.3 is 9.67 Å². The number of aliphatic carboxylic acids is 1. The SMILES string of the molecule is Cn1cncc1C(C)(CC(=O)O)c1cccc(F)c1. The van der Waals surface area contributed by atoms with E-state index in [4.69, 9.17) is 5.11 Å². The van der Waals surface area contributed by atoms with Crippen LogP contribution >= 0.6 is 0 Å². The molecule has 0 amide bonds. The number of carbonyl (C=O) groups is 1. The van der Waals surface area contributed by atoms with Gasteiger partial charge in [0.05, 0.1) is 12.7 Å². The number of halogens is 1. The fourth-order valence-corrected chi connectivity index (χ4v) is 2.36. The van der Waals surface area contributed by atoms with Gasteiger partial charge in [-0.25, -0.2) is 9.37 Å². The summed E-state index contributed by atoms with van der Waals surface area (Å²) in [7, 11) is 1.79. The van der Waals surface area contributed by atoms with Gasteiger partial charge in [-0.1, -0.05) is 12.1 Å². The Kier molecular flexibility index (Phi) is 3.38. The van der Waals surface area contributed by atoms with E-state index < -0.39 is 11.4 Å². The molecule has 2 rings (SSSR count). The predicted octanol–water partition coefficient (Wildman–Crippen LogP) is 2.34. The van der Waals surface area contributed by atoms with Crippen molar-refractivity contribution in [3.05, 3.63) is 53.9 Å². The lowest BCUT2D eigenvalue weighted by molar-refractivity contribution is -0.138. The zero-order valence-electron chi connectivity index (χ0n) is 10.8. The van der Waals surface area contributed by atoms with E-state index in [-0.39, 0.29) is 12.2 Å². The number of nitrogens with zero attached hydrogens (tertiary/aromatic N) is 2. The van der Waals surface area contributed by atoms with Crippen molar-refractivity contribution in [2.75, 3.05) is 0 Å². The summed E-state index contributed by atoms with van der Waals surface area (Å²) in [4.78, 5) is 15.2. The molecule has 1 unspecified atom stereocenters. The second-order valence-electron chi connectivity index (χ2n) is 4.80. The average Bonchev–Trinajstić information content (AvgIpc) is 2.75. The first-order valence-electron chi connectivity index (χ1n) is 5.88. The van der Waals surface area contributed by atoms with Crippen LogP contribution in [0.2, 0.25) is 0 Å². The summed E-state index contributed by atoms with van der Waals surface area (Å²) in [5.74, 6) is -1.32. The van der Waals surface area contributed by atoms with Gasteiger partial charge in [0.15, 0.2) is 0 Å². The van der Waals surface area contributed by atoms with Crippen LogP contribution in [0.3, 0.4) is 0 Å². The van der Waals surface area contributed by atoms with Crippen LogP contribution in [-0.4, -0.2) is 20.6 Å². The second kappa shape index (κ2) is 4.84. The molecule has 0 aliphatic rings. The number of hydrogen-bond acceptors (Lipinski definition) is 2. The van der Waals surface area contributed by atoms with Crippen molar-refractivity contribution >= 4 is 5.97 Å². The van der Waals surface area contributed by atoms with Crippen LogP contribution in [0.4, 0.5) is 4.39 Å². The molecule has 100 valence electrons. The summed E-state index contributed by atoms with van der Waals surface area (Å²) in [5, 5.41) is 9.15. The van der Waals surface area contributed by atoms with Gasteiger partial charge in [0.2, 0.25) is 0 Å². The highest BCUT2D eigenvalue weighted by atomic mass is 19.1. The maximum absolute atomic E-state index is 13.4. The molecule has 2 aromatic rings. The summed E-state index contributed by atoms with van der Waals surface area (Å²) >= 11 is 0. The van der Waals surface area contributed by atoms with E-state index in [1.807, 2.05) is 0 Å². The molecule has 0 aliphatic heterocycles. The fourth-order valence-electron chi connectivity index (χ4n) is 2.36. The number of carboxylic acids is 1. The highest BCUT2D eigenvalue weighted by molar-refractivity contribution is 5.70. The zero-order chi connectivity index (χ0) is 14.0. The average molecular weight is 262 g/mol. The maximum Gasteiger partial charge on any atom is 0.304 e. The Morgan fingerprint density at radius 1 is 1.53 bits per heavy atom. The van der Waals surface area contributed by atoms with Crippen molar-refractivity contribution in [3.63, 3.8) is 0 Å².